The van der Waals surface area contributed by atoms with Crippen molar-refractivity contribution >= 4 is 29.9 Å². The monoisotopic (exact) mass is 489 g/mol. The highest BCUT2D eigenvalue weighted by atomic mass is 127. The van der Waals surface area contributed by atoms with Crippen molar-refractivity contribution in [3.63, 3.8) is 0 Å². The van der Waals surface area contributed by atoms with Crippen LogP contribution in [0.4, 0.5) is 0 Å². The molecule has 7 heteroatoms. The predicted octanol–water partition coefficient (Wildman–Crippen LogP) is 2.27. The number of hydrogen-bond acceptors (Lipinski definition) is 4. The van der Waals surface area contributed by atoms with E-state index in [1.54, 1.807) is 0 Å². The van der Waals surface area contributed by atoms with E-state index in [-0.39, 0.29) is 24.0 Å². The number of halogens is 1. The predicted molar refractivity (Wildman–Crippen MR) is 125 cm³/mol. The minimum Gasteiger partial charge on any atom is -0.492 e. The first-order valence-electron chi connectivity index (χ1n) is 9.89. The first-order valence-corrected chi connectivity index (χ1v) is 9.89. The van der Waals surface area contributed by atoms with Crippen molar-refractivity contribution in [3.05, 3.63) is 30.3 Å². The van der Waals surface area contributed by atoms with Crippen molar-refractivity contribution < 1.29 is 4.74 Å². The largest absolute Gasteiger partial charge is 0.492 e. The standard InChI is InChI=1S/C20H35N5O.HI/c1-3-21-20(23-12-18-26-19-9-5-4-6-10-19)22-11-7-14-25-15-8-13-24(2)16-17-25;/h4-6,9-10H,3,7-8,11-18H2,1-2H3,(H2,21,22,23);1H. The van der Waals surface area contributed by atoms with Crippen LogP contribution in [-0.2, 0) is 0 Å². The maximum atomic E-state index is 5.70. The van der Waals surface area contributed by atoms with Crippen molar-refractivity contribution in [3.8, 4) is 5.75 Å². The normalized spacial score (nSPS) is 16.3. The topological polar surface area (TPSA) is 52.1 Å². The van der Waals surface area contributed by atoms with Crippen LogP contribution >= 0.6 is 24.0 Å². The second-order valence-electron chi connectivity index (χ2n) is 6.70. The SMILES string of the molecule is CCNC(=NCCCN1CCCN(C)CC1)NCCOc1ccccc1.I. The number of aliphatic imine (C=N–C) groups is 1. The van der Waals surface area contributed by atoms with Gasteiger partial charge in [0.25, 0.3) is 0 Å². The number of nitrogens with one attached hydrogen (secondary N) is 2. The average Bonchev–Trinajstić information content (AvgIpc) is 2.87. The molecule has 2 N–H and O–H groups in total. The molecule has 1 aromatic rings. The van der Waals surface area contributed by atoms with Crippen LogP contribution in [0.1, 0.15) is 19.8 Å². The van der Waals surface area contributed by atoms with Gasteiger partial charge in [0.1, 0.15) is 12.4 Å². The maximum Gasteiger partial charge on any atom is 0.191 e. The van der Waals surface area contributed by atoms with Crippen molar-refractivity contribution in [2.75, 3.05) is 66.0 Å². The van der Waals surface area contributed by atoms with Gasteiger partial charge in [-0.2, -0.15) is 0 Å². The van der Waals surface area contributed by atoms with Crippen LogP contribution < -0.4 is 15.4 Å². The van der Waals surface area contributed by atoms with Crippen LogP contribution in [0.3, 0.4) is 0 Å². The molecule has 0 bridgehead atoms. The Labute approximate surface area is 181 Å². The smallest absolute Gasteiger partial charge is 0.191 e. The summed E-state index contributed by atoms with van der Waals surface area (Å²) in [4.78, 5) is 9.66. The number of nitrogens with zero attached hydrogens (tertiary/aromatic N) is 3. The Morgan fingerprint density at radius 1 is 1.11 bits per heavy atom. The van der Waals surface area contributed by atoms with Crippen LogP contribution in [0.25, 0.3) is 0 Å². The van der Waals surface area contributed by atoms with E-state index in [9.17, 15) is 0 Å². The lowest BCUT2D eigenvalue weighted by atomic mass is 10.3. The van der Waals surface area contributed by atoms with Crippen LogP contribution in [0, 0.1) is 0 Å². The van der Waals surface area contributed by atoms with Gasteiger partial charge in [-0.1, -0.05) is 18.2 Å². The number of benzene rings is 1. The van der Waals surface area contributed by atoms with Crippen LogP contribution in [-0.4, -0.2) is 81.8 Å². The minimum atomic E-state index is 0. The van der Waals surface area contributed by atoms with Gasteiger partial charge in [-0.15, -0.1) is 24.0 Å². The summed E-state index contributed by atoms with van der Waals surface area (Å²) < 4.78 is 5.70. The molecule has 1 heterocycles. The van der Waals surface area contributed by atoms with Crippen molar-refractivity contribution in [1.29, 1.82) is 0 Å². The zero-order valence-corrected chi connectivity index (χ0v) is 19.2. The summed E-state index contributed by atoms with van der Waals surface area (Å²) in [7, 11) is 2.21. The van der Waals surface area contributed by atoms with E-state index in [0.29, 0.717) is 6.61 Å². The van der Waals surface area contributed by atoms with Crippen LogP contribution in [0.5, 0.6) is 5.75 Å². The van der Waals surface area contributed by atoms with Gasteiger partial charge in [0.05, 0.1) is 6.54 Å². The number of likely N-dealkylation sites (N-methyl/N-ethyl adjacent to an activating group) is 1. The van der Waals surface area contributed by atoms with Gasteiger partial charge in [-0.05, 0) is 58.6 Å². The zero-order valence-electron chi connectivity index (χ0n) is 16.8. The van der Waals surface area contributed by atoms with E-state index in [0.717, 1.165) is 44.3 Å². The van der Waals surface area contributed by atoms with E-state index in [1.807, 2.05) is 30.3 Å². The lowest BCUT2D eigenvalue weighted by Gasteiger charge is -2.19. The second kappa shape index (κ2) is 14.9. The summed E-state index contributed by atoms with van der Waals surface area (Å²) in [6.07, 6.45) is 2.37. The van der Waals surface area contributed by atoms with Gasteiger partial charge in [0.2, 0.25) is 0 Å². The quantitative estimate of drug-likeness (QED) is 0.241. The molecule has 6 nitrogen and oxygen atoms in total. The molecule has 0 spiro atoms. The third-order valence-corrected chi connectivity index (χ3v) is 4.47. The van der Waals surface area contributed by atoms with Gasteiger partial charge in [0, 0.05) is 26.2 Å². The average molecular weight is 489 g/mol. The number of guanidine groups is 1. The molecule has 0 atom stereocenters. The van der Waals surface area contributed by atoms with Crippen LogP contribution in [0.2, 0.25) is 0 Å². The molecule has 0 saturated carbocycles. The fourth-order valence-corrected chi connectivity index (χ4v) is 3.01. The van der Waals surface area contributed by atoms with Gasteiger partial charge in [0.15, 0.2) is 5.96 Å². The van der Waals surface area contributed by atoms with Crippen molar-refractivity contribution in [1.82, 2.24) is 20.4 Å². The molecule has 27 heavy (non-hydrogen) atoms. The summed E-state index contributed by atoms with van der Waals surface area (Å²) in [6, 6.07) is 9.90. The Morgan fingerprint density at radius 2 is 1.93 bits per heavy atom. The summed E-state index contributed by atoms with van der Waals surface area (Å²) in [5.41, 5.74) is 0. The van der Waals surface area contributed by atoms with Gasteiger partial charge < -0.3 is 25.2 Å². The molecule has 1 aromatic carbocycles. The molecule has 1 saturated heterocycles. The lowest BCUT2D eigenvalue weighted by molar-refractivity contribution is 0.275. The summed E-state index contributed by atoms with van der Waals surface area (Å²) >= 11 is 0. The summed E-state index contributed by atoms with van der Waals surface area (Å²) in [5, 5.41) is 6.64. The first kappa shape index (κ1) is 24.0. The molecule has 154 valence electrons. The highest BCUT2D eigenvalue weighted by Gasteiger charge is 2.11. The molecule has 0 aromatic heterocycles. The maximum absolute atomic E-state index is 5.70. The van der Waals surface area contributed by atoms with Crippen molar-refractivity contribution in [2.45, 2.75) is 19.8 Å². The fraction of sp³-hybridized carbons (Fsp3) is 0.650. The Balaban J connectivity index is 0.00000364. The number of rotatable bonds is 9. The molecule has 2 rings (SSSR count). The van der Waals surface area contributed by atoms with E-state index < -0.39 is 0 Å². The summed E-state index contributed by atoms with van der Waals surface area (Å²) in [6.45, 7) is 11.1. The molecule has 1 aliphatic heterocycles. The number of ether oxygens (including phenoxy) is 1. The summed E-state index contributed by atoms with van der Waals surface area (Å²) in [5.74, 6) is 1.78. The molecule has 0 aliphatic carbocycles. The molecular weight excluding hydrogens is 453 g/mol. The molecule has 1 aliphatic rings. The highest BCUT2D eigenvalue weighted by molar-refractivity contribution is 14.0. The highest BCUT2D eigenvalue weighted by Crippen LogP contribution is 2.07. The van der Waals surface area contributed by atoms with Gasteiger partial charge in [-0.25, -0.2) is 0 Å². The van der Waals surface area contributed by atoms with E-state index in [4.69, 9.17) is 4.74 Å². The molecule has 1 fully saturated rings. The van der Waals surface area contributed by atoms with E-state index in [1.165, 1.54) is 32.6 Å². The van der Waals surface area contributed by atoms with Crippen LogP contribution in [0.15, 0.2) is 35.3 Å². The van der Waals surface area contributed by atoms with Crippen molar-refractivity contribution in [2.24, 2.45) is 4.99 Å². The molecular formula is C20H36IN5O. The molecule has 0 radical (unpaired) electrons. The lowest BCUT2D eigenvalue weighted by Crippen LogP contribution is -2.39. The molecule has 0 amide bonds. The van der Waals surface area contributed by atoms with Gasteiger partial charge >= 0.3 is 0 Å². The second-order valence-corrected chi connectivity index (χ2v) is 6.70. The number of para-hydroxylation sites is 1. The third kappa shape index (κ3) is 10.8. The van der Waals surface area contributed by atoms with E-state index >= 15 is 0 Å². The Hall–Kier alpha value is -1.06. The zero-order chi connectivity index (χ0) is 18.5. The Kier molecular flexibility index (Phi) is 13.3. The molecule has 0 unspecified atom stereocenters. The number of hydrogen-bond donors (Lipinski definition) is 2. The Bertz CT molecular complexity index is 514. The van der Waals surface area contributed by atoms with Gasteiger partial charge in [-0.3, -0.25) is 4.99 Å². The van der Waals surface area contributed by atoms with E-state index in [2.05, 4.69) is 39.4 Å². The minimum absolute atomic E-state index is 0. The first-order chi connectivity index (χ1) is 12.8. The Morgan fingerprint density at radius 3 is 2.70 bits per heavy atom. The third-order valence-electron chi connectivity index (χ3n) is 4.47. The fourth-order valence-electron chi connectivity index (χ4n) is 3.01.